The zero-order valence-corrected chi connectivity index (χ0v) is 14.1. The molecule has 24 heavy (non-hydrogen) atoms. The predicted octanol–water partition coefficient (Wildman–Crippen LogP) is 2.10. The Hall–Kier alpha value is -2.24. The summed E-state index contributed by atoms with van der Waals surface area (Å²) in [5.41, 5.74) is 0.895. The number of carboxylic acid groups (broad SMARTS) is 1. The lowest BCUT2D eigenvalue weighted by Gasteiger charge is -2.32. The SMILES string of the molecule is COc1ccc(OCC(=O)N2CCC3(CC2)CC3C(=O)O)cc1C. The Labute approximate surface area is 141 Å². The fourth-order valence-electron chi connectivity index (χ4n) is 3.63. The highest BCUT2D eigenvalue weighted by Crippen LogP contribution is 2.59. The Balaban J connectivity index is 1.48. The van der Waals surface area contributed by atoms with Crippen LogP contribution in [-0.4, -0.2) is 48.7 Å². The molecule has 3 rings (SSSR count). The number of hydrogen-bond donors (Lipinski definition) is 1. The summed E-state index contributed by atoms with van der Waals surface area (Å²) >= 11 is 0. The van der Waals surface area contributed by atoms with Crippen LogP contribution in [0.2, 0.25) is 0 Å². The van der Waals surface area contributed by atoms with Crippen LogP contribution in [0.25, 0.3) is 0 Å². The van der Waals surface area contributed by atoms with Gasteiger partial charge in [-0.05, 0) is 55.4 Å². The molecule has 1 aliphatic heterocycles. The van der Waals surface area contributed by atoms with E-state index in [-0.39, 0.29) is 23.8 Å². The molecule has 1 atom stereocenters. The third-order valence-corrected chi connectivity index (χ3v) is 5.33. The van der Waals surface area contributed by atoms with Crippen molar-refractivity contribution >= 4 is 11.9 Å². The molecular weight excluding hydrogens is 310 g/mol. The topological polar surface area (TPSA) is 76.1 Å². The van der Waals surface area contributed by atoms with Gasteiger partial charge in [0.1, 0.15) is 11.5 Å². The van der Waals surface area contributed by atoms with Crippen molar-refractivity contribution in [3.63, 3.8) is 0 Å². The summed E-state index contributed by atoms with van der Waals surface area (Å²) in [6.45, 7) is 3.16. The maximum atomic E-state index is 12.3. The normalized spacial score (nSPS) is 21.4. The lowest BCUT2D eigenvalue weighted by atomic mass is 9.91. The van der Waals surface area contributed by atoms with E-state index in [0.717, 1.165) is 30.6 Å². The van der Waals surface area contributed by atoms with Crippen LogP contribution in [0.4, 0.5) is 0 Å². The van der Waals surface area contributed by atoms with E-state index in [1.165, 1.54) is 0 Å². The summed E-state index contributed by atoms with van der Waals surface area (Å²) in [5.74, 6) is 0.461. The number of ether oxygens (including phenoxy) is 2. The van der Waals surface area contributed by atoms with E-state index in [9.17, 15) is 9.59 Å². The van der Waals surface area contributed by atoms with Crippen molar-refractivity contribution in [3.05, 3.63) is 23.8 Å². The number of likely N-dealkylation sites (tertiary alicyclic amines) is 1. The van der Waals surface area contributed by atoms with Crippen molar-refractivity contribution in [1.82, 2.24) is 4.90 Å². The molecule has 2 aliphatic rings. The second kappa shape index (κ2) is 6.34. The molecule has 1 aromatic carbocycles. The van der Waals surface area contributed by atoms with E-state index >= 15 is 0 Å². The van der Waals surface area contributed by atoms with Gasteiger partial charge in [-0.15, -0.1) is 0 Å². The van der Waals surface area contributed by atoms with Crippen LogP contribution in [0.15, 0.2) is 18.2 Å². The molecule has 1 saturated carbocycles. The fraction of sp³-hybridized carbons (Fsp3) is 0.556. The van der Waals surface area contributed by atoms with Crippen molar-refractivity contribution in [2.45, 2.75) is 26.2 Å². The van der Waals surface area contributed by atoms with Gasteiger partial charge in [0.2, 0.25) is 0 Å². The minimum absolute atomic E-state index is 0.00112. The first-order valence-electron chi connectivity index (χ1n) is 8.23. The molecule has 1 amide bonds. The third kappa shape index (κ3) is 3.18. The highest BCUT2D eigenvalue weighted by molar-refractivity contribution is 5.78. The Morgan fingerprint density at radius 2 is 2.04 bits per heavy atom. The van der Waals surface area contributed by atoms with Crippen LogP contribution in [0.5, 0.6) is 11.5 Å². The van der Waals surface area contributed by atoms with E-state index < -0.39 is 5.97 Å². The average Bonchev–Trinajstić information content (AvgIpc) is 3.27. The van der Waals surface area contributed by atoms with Gasteiger partial charge in [0, 0.05) is 13.1 Å². The number of hydrogen-bond acceptors (Lipinski definition) is 4. The van der Waals surface area contributed by atoms with Crippen LogP contribution in [-0.2, 0) is 9.59 Å². The largest absolute Gasteiger partial charge is 0.496 e. The molecule has 6 nitrogen and oxygen atoms in total. The standard InChI is InChI=1S/C18H23NO5/c1-12-9-13(3-4-15(12)23-2)24-11-16(20)19-7-5-18(6-8-19)10-14(18)17(21)22/h3-4,9,14H,5-8,10-11H2,1-2H3,(H,21,22). The van der Waals surface area contributed by atoms with Crippen LogP contribution >= 0.6 is 0 Å². The van der Waals surface area contributed by atoms with Gasteiger partial charge in [-0.1, -0.05) is 0 Å². The smallest absolute Gasteiger partial charge is 0.307 e. The van der Waals surface area contributed by atoms with E-state index in [0.29, 0.717) is 18.8 Å². The lowest BCUT2D eigenvalue weighted by molar-refractivity contribution is -0.140. The quantitative estimate of drug-likeness (QED) is 0.893. The molecule has 1 spiro atoms. The van der Waals surface area contributed by atoms with Crippen molar-refractivity contribution < 1.29 is 24.2 Å². The summed E-state index contributed by atoms with van der Waals surface area (Å²) in [4.78, 5) is 25.1. The highest BCUT2D eigenvalue weighted by Gasteiger charge is 2.59. The van der Waals surface area contributed by atoms with Gasteiger partial charge in [0.15, 0.2) is 6.61 Å². The van der Waals surface area contributed by atoms with Crippen LogP contribution in [0.1, 0.15) is 24.8 Å². The number of carbonyl (C=O) groups excluding carboxylic acids is 1. The first-order chi connectivity index (χ1) is 11.4. The Morgan fingerprint density at radius 3 is 2.58 bits per heavy atom. The van der Waals surface area contributed by atoms with Crippen LogP contribution in [0.3, 0.4) is 0 Å². The zero-order chi connectivity index (χ0) is 17.3. The number of aliphatic carboxylic acids is 1. The van der Waals surface area contributed by atoms with Crippen molar-refractivity contribution in [1.29, 1.82) is 0 Å². The maximum Gasteiger partial charge on any atom is 0.307 e. The number of carbonyl (C=O) groups is 2. The van der Waals surface area contributed by atoms with Gasteiger partial charge >= 0.3 is 5.97 Å². The molecular formula is C18H23NO5. The van der Waals surface area contributed by atoms with Gasteiger partial charge in [-0.2, -0.15) is 0 Å². The minimum Gasteiger partial charge on any atom is -0.496 e. The second-order valence-corrected chi connectivity index (χ2v) is 6.76. The first-order valence-corrected chi connectivity index (χ1v) is 8.23. The number of rotatable bonds is 5. The number of benzene rings is 1. The number of methoxy groups -OCH3 is 1. The molecule has 6 heteroatoms. The van der Waals surface area contributed by atoms with Gasteiger partial charge in [0.25, 0.3) is 5.91 Å². The summed E-state index contributed by atoms with van der Waals surface area (Å²) in [6.07, 6.45) is 2.31. The average molecular weight is 333 g/mol. The molecule has 1 aromatic rings. The van der Waals surface area contributed by atoms with Gasteiger partial charge in [0.05, 0.1) is 13.0 Å². The molecule has 0 bridgehead atoms. The number of nitrogens with zero attached hydrogens (tertiary/aromatic N) is 1. The molecule has 1 N–H and O–H groups in total. The molecule has 130 valence electrons. The number of piperidine rings is 1. The summed E-state index contributed by atoms with van der Waals surface area (Å²) in [6, 6.07) is 5.45. The van der Waals surface area contributed by atoms with Crippen molar-refractivity contribution in [3.8, 4) is 11.5 Å². The van der Waals surface area contributed by atoms with Gasteiger partial charge in [-0.25, -0.2) is 0 Å². The predicted molar refractivity (Wildman–Crippen MR) is 87.2 cm³/mol. The molecule has 1 aliphatic carbocycles. The van der Waals surface area contributed by atoms with Gasteiger partial charge in [-0.3, -0.25) is 9.59 Å². The Kier molecular flexibility index (Phi) is 4.39. The third-order valence-electron chi connectivity index (χ3n) is 5.33. The van der Waals surface area contributed by atoms with E-state index in [2.05, 4.69) is 0 Å². The second-order valence-electron chi connectivity index (χ2n) is 6.76. The summed E-state index contributed by atoms with van der Waals surface area (Å²) < 4.78 is 10.8. The maximum absolute atomic E-state index is 12.3. The molecule has 1 unspecified atom stereocenters. The van der Waals surface area contributed by atoms with E-state index in [1.54, 1.807) is 18.1 Å². The Morgan fingerprint density at radius 1 is 1.33 bits per heavy atom. The number of amides is 1. The first kappa shape index (κ1) is 16.6. The van der Waals surface area contributed by atoms with Crippen molar-refractivity contribution in [2.75, 3.05) is 26.8 Å². The van der Waals surface area contributed by atoms with Crippen LogP contribution in [0, 0.1) is 18.3 Å². The molecule has 0 radical (unpaired) electrons. The highest BCUT2D eigenvalue weighted by atomic mass is 16.5. The van der Waals surface area contributed by atoms with Crippen LogP contribution < -0.4 is 9.47 Å². The zero-order valence-electron chi connectivity index (χ0n) is 14.1. The van der Waals surface area contributed by atoms with Gasteiger partial charge < -0.3 is 19.5 Å². The van der Waals surface area contributed by atoms with E-state index in [1.807, 2.05) is 19.1 Å². The number of carboxylic acids is 1. The number of aryl methyl sites for hydroxylation is 1. The summed E-state index contributed by atoms with van der Waals surface area (Å²) in [7, 11) is 1.62. The van der Waals surface area contributed by atoms with E-state index in [4.69, 9.17) is 14.6 Å². The van der Waals surface area contributed by atoms with Crippen molar-refractivity contribution in [2.24, 2.45) is 11.3 Å². The minimum atomic E-state index is -0.701. The molecule has 1 heterocycles. The fourth-order valence-corrected chi connectivity index (χ4v) is 3.63. The molecule has 0 aromatic heterocycles. The molecule has 2 fully saturated rings. The summed E-state index contributed by atoms with van der Waals surface area (Å²) in [5, 5.41) is 9.11. The Bertz CT molecular complexity index is 649. The molecule has 1 saturated heterocycles. The monoisotopic (exact) mass is 333 g/mol. The lowest BCUT2D eigenvalue weighted by Crippen LogP contribution is -2.42.